The number of aliphatic hydroxyl groups is 1. The van der Waals surface area contributed by atoms with Gasteiger partial charge >= 0.3 is 0 Å². The first-order valence-electron chi connectivity index (χ1n) is 5.07. The molecule has 5 heteroatoms. The topological polar surface area (TPSA) is 57.6 Å². The molecule has 1 saturated heterocycles. The summed E-state index contributed by atoms with van der Waals surface area (Å²) in [5.74, 6) is 0.281. The number of sulfonamides is 1. The summed E-state index contributed by atoms with van der Waals surface area (Å²) in [4.78, 5) is 0. The molecule has 1 heterocycles. The zero-order chi connectivity index (χ0) is 10.8. The molecule has 4 nitrogen and oxygen atoms in total. The average Bonchev–Trinajstić information content (AvgIpc) is 2.09. The van der Waals surface area contributed by atoms with Crippen LogP contribution in [0.5, 0.6) is 0 Å². The molecule has 0 saturated carbocycles. The van der Waals surface area contributed by atoms with Crippen LogP contribution in [0.4, 0.5) is 0 Å². The molecular formula is C9H19NO3S. The van der Waals surface area contributed by atoms with Gasteiger partial charge in [0.2, 0.25) is 10.0 Å². The van der Waals surface area contributed by atoms with E-state index >= 15 is 0 Å². The van der Waals surface area contributed by atoms with Crippen molar-refractivity contribution < 1.29 is 13.5 Å². The number of piperidine rings is 1. The Hall–Kier alpha value is -0.130. The third kappa shape index (κ3) is 2.68. The van der Waals surface area contributed by atoms with E-state index < -0.39 is 10.0 Å². The second-order valence-corrected chi connectivity index (χ2v) is 6.18. The van der Waals surface area contributed by atoms with Crippen molar-refractivity contribution in [3.8, 4) is 0 Å². The molecule has 14 heavy (non-hydrogen) atoms. The van der Waals surface area contributed by atoms with E-state index in [-0.39, 0.29) is 18.4 Å². The molecule has 1 aliphatic heterocycles. The van der Waals surface area contributed by atoms with E-state index in [4.69, 9.17) is 5.11 Å². The van der Waals surface area contributed by atoms with Gasteiger partial charge in [-0.1, -0.05) is 6.92 Å². The molecule has 1 aliphatic rings. The van der Waals surface area contributed by atoms with Crippen molar-refractivity contribution in [2.45, 2.75) is 32.7 Å². The van der Waals surface area contributed by atoms with Crippen LogP contribution < -0.4 is 0 Å². The van der Waals surface area contributed by atoms with Crippen molar-refractivity contribution in [1.82, 2.24) is 4.31 Å². The highest BCUT2D eigenvalue weighted by molar-refractivity contribution is 7.89. The Morgan fingerprint density at radius 2 is 2.00 bits per heavy atom. The van der Waals surface area contributed by atoms with Gasteiger partial charge in [0.15, 0.2) is 0 Å². The third-order valence-electron chi connectivity index (χ3n) is 2.77. The minimum atomic E-state index is -3.23. The van der Waals surface area contributed by atoms with Gasteiger partial charge in [0, 0.05) is 12.6 Å². The van der Waals surface area contributed by atoms with E-state index in [9.17, 15) is 8.42 Å². The van der Waals surface area contributed by atoms with Crippen LogP contribution in [-0.2, 0) is 10.0 Å². The minimum Gasteiger partial charge on any atom is -0.395 e. The molecule has 0 radical (unpaired) electrons. The maximum Gasteiger partial charge on any atom is 0.216 e. The van der Waals surface area contributed by atoms with Gasteiger partial charge in [-0.2, -0.15) is 4.31 Å². The van der Waals surface area contributed by atoms with Crippen LogP contribution in [0.25, 0.3) is 0 Å². The second-order valence-electron chi connectivity index (χ2n) is 4.14. The van der Waals surface area contributed by atoms with E-state index in [2.05, 4.69) is 6.92 Å². The summed E-state index contributed by atoms with van der Waals surface area (Å²) < 4.78 is 25.0. The van der Waals surface area contributed by atoms with Gasteiger partial charge in [0.05, 0.1) is 12.4 Å². The summed E-state index contributed by atoms with van der Waals surface area (Å²) >= 11 is 0. The molecule has 0 aromatic heterocycles. The van der Waals surface area contributed by atoms with Gasteiger partial charge in [-0.15, -0.1) is 0 Å². The van der Waals surface area contributed by atoms with Crippen molar-refractivity contribution >= 4 is 10.0 Å². The number of rotatable bonds is 3. The highest BCUT2D eigenvalue weighted by Crippen LogP contribution is 2.24. The standard InChI is InChI=1S/C9H19NO3S/c1-8-3-4-9(2)10(7-8)14(12,13)6-5-11/h8-9,11H,3-7H2,1-2H3. The van der Waals surface area contributed by atoms with Gasteiger partial charge in [0.25, 0.3) is 0 Å². The summed E-state index contributed by atoms with van der Waals surface area (Å²) in [6.45, 7) is 4.30. The van der Waals surface area contributed by atoms with E-state index in [1.807, 2.05) is 6.92 Å². The van der Waals surface area contributed by atoms with E-state index in [0.717, 1.165) is 12.8 Å². The van der Waals surface area contributed by atoms with Crippen LogP contribution in [-0.4, -0.2) is 42.8 Å². The zero-order valence-electron chi connectivity index (χ0n) is 8.81. The lowest BCUT2D eigenvalue weighted by Crippen LogP contribution is -2.46. The quantitative estimate of drug-likeness (QED) is 0.752. The van der Waals surface area contributed by atoms with E-state index in [0.29, 0.717) is 12.5 Å². The summed E-state index contributed by atoms with van der Waals surface area (Å²) in [5, 5.41) is 8.68. The largest absolute Gasteiger partial charge is 0.395 e. The normalized spacial score (nSPS) is 30.5. The highest BCUT2D eigenvalue weighted by atomic mass is 32.2. The fraction of sp³-hybridized carbons (Fsp3) is 1.00. The summed E-state index contributed by atoms with van der Waals surface area (Å²) in [6, 6.07) is 0.0859. The molecule has 0 aliphatic carbocycles. The van der Waals surface area contributed by atoms with E-state index in [1.165, 1.54) is 4.31 Å². The third-order valence-corrected chi connectivity index (χ3v) is 4.69. The van der Waals surface area contributed by atoms with Gasteiger partial charge in [-0.3, -0.25) is 0 Å². The zero-order valence-corrected chi connectivity index (χ0v) is 9.63. The summed E-state index contributed by atoms with van der Waals surface area (Å²) in [7, 11) is -3.23. The monoisotopic (exact) mass is 221 g/mol. The van der Waals surface area contributed by atoms with Gasteiger partial charge in [0.1, 0.15) is 0 Å². The molecule has 84 valence electrons. The van der Waals surface area contributed by atoms with E-state index in [1.54, 1.807) is 0 Å². The number of hydrogen-bond acceptors (Lipinski definition) is 3. The Labute approximate surface area is 86.0 Å². The Bertz CT molecular complexity index is 276. The molecule has 0 bridgehead atoms. The fourth-order valence-electron chi connectivity index (χ4n) is 1.87. The lowest BCUT2D eigenvalue weighted by molar-refractivity contribution is 0.215. The SMILES string of the molecule is CC1CCC(C)N(S(=O)(=O)CCO)C1. The molecule has 0 amide bonds. The van der Waals surface area contributed by atoms with Gasteiger partial charge in [-0.25, -0.2) is 8.42 Å². The Morgan fingerprint density at radius 3 is 2.57 bits per heavy atom. The molecule has 0 aromatic carbocycles. The predicted octanol–water partition coefficient (Wildman–Crippen LogP) is 0.429. The van der Waals surface area contributed by atoms with Crippen LogP contribution in [0.15, 0.2) is 0 Å². The Morgan fingerprint density at radius 1 is 1.36 bits per heavy atom. The molecule has 0 aromatic rings. The van der Waals surface area contributed by atoms with Crippen molar-refractivity contribution in [2.75, 3.05) is 18.9 Å². The Kier molecular flexibility index (Phi) is 3.92. The second kappa shape index (κ2) is 4.59. The summed E-state index contributed by atoms with van der Waals surface area (Å²) in [6.07, 6.45) is 2.01. The molecule has 1 fully saturated rings. The van der Waals surface area contributed by atoms with Crippen molar-refractivity contribution in [1.29, 1.82) is 0 Å². The lowest BCUT2D eigenvalue weighted by Gasteiger charge is -2.35. The number of nitrogens with zero attached hydrogens (tertiary/aromatic N) is 1. The Balaban J connectivity index is 2.74. The van der Waals surface area contributed by atoms with Crippen LogP contribution >= 0.6 is 0 Å². The minimum absolute atomic E-state index is 0.0859. The van der Waals surface area contributed by atoms with Gasteiger partial charge in [-0.05, 0) is 25.7 Å². The average molecular weight is 221 g/mol. The predicted molar refractivity (Wildman–Crippen MR) is 55.4 cm³/mol. The van der Waals surface area contributed by atoms with Crippen LogP contribution in [0, 0.1) is 5.92 Å². The summed E-state index contributed by atoms with van der Waals surface area (Å²) in [5.41, 5.74) is 0. The van der Waals surface area contributed by atoms with Crippen LogP contribution in [0.1, 0.15) is 26.7 Å². The maximum atomic E-state index is 11.7. The molecule has 1 rings (SSSR count). The number of aliphatic hydroxyl groups excluding tert-OH is 1. The first-order chi connectivity index (χ1) is 6.47. The lowest BCUT2D eigenvalue weighted by atomic mass is 9.97. The first-order valence-corrected chi connectivity index (χ1v) is 6.68. The van der Waals surface area contributed by atoms with Crippen molar-refractivity contribution in [3.05, 3.63) is 0 Å². The fourth-order valence-corrected chi connectivity index (χ4v) is 3.47. The smallest absolute Gasteiger partial charge is 0.216 e. The number of hydrogen-bond donors (Lipinski definition) is 1. The van der Waals surface area contributed by atoms with Crippen LogP contribution in [0.2, 0.25) is 0 Å². The highest BCUT2D eigenvalue weighted by Gasteiger charge is 2.31. The molecule has 2 unspecified atom stereocenters. The van der Waals surface area contributed by atoms with Crippen molar-refractivity contribution in [3.63, 3.8) is 0 Å². The molecular weight excluding hydrogens is 202 g/mol. The van der Waals surface area contributed by atoms with Crippen molar-refractivity contribution in [2.24, 2.45) is 5.92 Å². The van der Waals surface area contributed by atoms with Gasteiger partial charge < -0.3 is 5.11 Å². The first kappa shape index (κ1) is 11.9. The molecule has 2 atom stereocenters. The maximum absolute atomic E-state index is 11.7. The molecule has 1 N–H and O–H groups in total. The van der Waals surface area contributed by atoms with Crippen LogP contribution in [0.3, 0.4) is 0 Å². The molecule has 0 spiro atoms.